The molecule has 0 aliphatic rings. The van der Waals surface area contributed by atoms with Crippen LogP contribution in [-0.4, -0.2) is 29.4 Å². The molecular weight excluding hydrogens is 351 g/mol. The molecular formula is C20H19FN2O4. The normalized spacial score (nSPS) is 10.9. The highest BCUT2D eigenvalue weighted by molar-refractivity contribution is 6.05. The second kappa shape index (κ2) is 9.86. The van der Waals surface area contributed by atoms with Crippen molar-refractivity contribution in [2.24, 2.45) is 0 Å². The molecule has 2 aromatic rings. The zero-order valence-electron chi connectivity index (χ0n) is 14.4. The summed E-state index contributed by atoms with van der Waals surface area (Å²) in [5.74, 6) is -2.40. The number of halogens is 1. The Morgan fingerprint density at radius 1 is 1.00 bits per heavy atom. The third kappa shape index (κ3) is 6.74. The van der Waals surface area contributed by atoms with Crippen molar-refractivity contribution in [2.45, 2.75) is 12.8 Å². The first-order chi connectivity index (χ1) is 13.0. The molecule has 3 N–H and O–H groups in total. The van der Waals surface area contributed by atoms with Gasteiger partial charge in [0, 0.05) is 18.5 Å². The van der Waals surface area contributed by atoms with Gasteiger partial charge < -0.3 is 15.7 Å². The molecule has 7 heteroatoms. The third-order valence-electron chi connectivity index (χ3n) is 3.56. The summed E-state index contributed by atoms with van der Waals surface area (Å²) in [4.78, 5) is 35.3. The van der Waals surface area contributed by atoms with Gasteiger partial charge in [-0.15, -0.1) is 0 Å². The van der Waals surface area contributed by atoms with Crippen molar-refractivity contribution in [2.75, 3.05) is 6.54 Å². The maximum Gasteiger partial charge on any atom is 0.303 e. The summed E-state index contributed by atoms with van der Waals surface area (Å²) in [6.45, 7) is 0.146. The standard InChI is InChI=1S/C20H19FN2O4/c21-16-10-8-14(9-11-16)13-17(20(27)22-12-4-7-18(24)25)23-19(26)15-5-2-1-3-6-15/h1-3,5-6,8-11,13H,4,7,12H2,(H,22,27)(H,23,26)(H,24,25)/b17-13-. The minimum Gasteiger partial charge on any atom is -0.481 e. The van der Waals surface area contributed by atoms with E-state index in [1.807, 2.05) is 0 Å². The van der Waals surface area contributed by atoms with Crippen LogP contribution in [0.15, 0.2) is 60.3 Å². The van der Waals surface area contributed by atoms with E-state index in [-0.39, 0.29) is 25.1 Å². The van der Waals surface area contributed by atoms with E-state index in [2.05, 4.69) is 10.6 Å². The van der Waals surface area contributed by atoms with Crippen LogP contribution in [0, 0.1) is 5.82 Å². The molecule has 0 heterocycles. The van der Waals surface area contributed by atoms with Gasteiger partial charge in [-0.25, -0.2) is 4.39 Å². The molecule has 0 saturated carbocycles. The third-order valence-corrected chi connectivity index (χ3v) is 3.56. The average molecular weight is 370 g/mol. The first kappa shape index (κ1) is 19.8. The number of rotatable bonds is 8. The second-order valence-corrected chi connectivity index (χ2v) is 5.68. The zero-order chi connectivity index (χ0) is 19.6. The number of hydrogen-bond acceptors (Lipinski definition) is 3. The van der Waals surface area contributed by atoms with Crippen LogP contribution in [0.5, 0.6) is 0 Å². The molecule has 0 atom stereocenters. The molecule has 0 aliphatic heterocycles. The van der Waals surface area contributed by atoms with E-state index in [0.29, 0.717) is 11.1 Å². The van der Waals surface area contributed by atoms with Gasteiger partial charge in [0.05, 0.1) is 0 Å². The van der Waals surface area contributed by atoms with Gasteiger partial charge in [0.1, 0.15) is 11.5 Å². The lowest BCUT2D eigenvalue weighted by molar-refractivity contribution is -0.137. The SMILES string of the molecule is O=C(O)CCCNC(=O)/C(=C/c1ccc(F)cc1)NC(=O)c1ccccc1. The van der Waals surface area contributed by atoms with Crippen molar-refractivity contribution in [1.82, 2.24) is 10.6 Å². The zero-order valence-corrected chi connectivity index (χ0v) is 14.4. The van der Waals surface area contributed by atoms with Gasteiger partial charge in [0.2, 0.25) is 0 Å². The van der Waals surface area contributed by atoms with Crippen molar-refractivity contribution in [3.8, 4) is 0 Å². The van der Waals surface area contributed by atoms with Gasteiger partial charge in [-0.3, -0.25) is 14.4 Å². The number of nitrogens with one attached hydrogen (secondary N) is 2. The largest absolute Gasteiger partial charge is 0.481 e. The highest BCUT2D eigenvalue weighted by Gasteiger charge is 2.14. The Kier molecular flexibility index (Phi) is 7.25. The van der Waals surface area contributed by atoms with Crippen LogP contribution in [-0.2, 0) is 9.59 Å². The predicted octanol–water partition coefficient (Wildman–Crippen LogP) is 2.58. The summed E-state index contributed by atoms with van der Waals surface area (Å²) < 4.78 is 13.1. The maximum absolute atomic E-state index is 13.1. The number of hydrogen-bond donors (Lipinski definition) is 3. The lowest BCUT2D eigenvalue weighted by atomic mass is 10.1. The predicted molar refractivity (Wildman–Crippen MR) is 98.2 cm³/mol. The van der Waals surface area contributed by atoms with Crippen LogP contribution < -0.4 is 10.6 Å². The molecule has 0 fully saturated rings. The molecule has 0 saturated heterocycles. The molecule has 2 aromatic carbocycles. The van der Waals surface area contributed by atoms with E-state index in [0.717, 1.165) is 0 Å². The van der Waals surface area contributed by atoms with Gasteiger partial charge in [-0.2, -0.15) is 0 Å². The number of carboxylic acids is 1. The van der Waals surface area contributed by atoms with Crippen LogP contribution in [0.1, 0.15) is 28.8 Å². The first-order valence-corrected chi connectivity index (χ1v) is 8.29. The maximum atomic E-state index is 13.1. The summed E-state index contributed by atoms with van der Waals surface area (Å²) >= 11 is 0. The molecule has 0 bridgehead atoms. The number of carbonyl (C=O) groups is 3. The second-order valence-electron chi connectivity index (χ2n) is 5.68. The highest BCUT2D eigenvalue weighted by atomic mass is 19.1. The smallest absolute Gasteiger partial charge is 0.303 e. The number of amides is 2. The fourth-order valence-electron chi connectivity index (χ4n) is 2.20. The lowest BCUT2D eigenvalue weighted by Crippen LogP contribution is -2.35. The van der Waals surface area contributed by atoms with Gasteiger partial charge in [-0.1, -0.05) is 30.3 Å². The molecule has 27 heavy (non-hydrogen) atoms. The molecule has 2 amide bonds. The van der Waals surface area contributed by atoms with E-state index in [9.17, 15) is 18.8 Å². The van der Waals surface area contributed by atoms with Gasteiger partial charge in [0.15, 0.2) is 0 Å². The number of carbonyl (C=O) groups excluding carboxylic acids is 2. The van der Waals surface area contributed by atoms with Crippen LogP contribution in [0.3, 0.4) is 0 Å². The molecule has 0 radical (unpaired) electrons. The first-order valence-electron chi connectivity index (χ1n) is 8.29. The molecule has 0 aliphatic carbocycles. The Balaban J connectivity index is 2.14. The topological polar surface area (TPSA) is 95.5 Å². The minimum atomic E-state index is -0.955. The summed E-state index contributed by atoms with van der Waals surface area (Å²) in [6, 6.07) is 13.8. The van der Waals surface area contributed by atoms with Crippen molar-refractivity contribution < 1.29 is 23.9 Å². The van der Waals surface area contributed by atoms with Crippen LogP contribution >= 0.6 is 0 Å². The van der Waals surface area contributed by atoms with Crippen LogP contribution in [0.4, 0.5) is 4.39 Å². The van der Waals surface area contributed by atoms with Crippen LogP contribution in [0.25, 0.3) is 6.08 Å². The highest BCUT2D eigenvalue weighted by Crippen LogP contribution is 2.09. The Bertz CT molecular complexity index is 833. The fourth-order valence-corrected chi connectivity index (χ4v) is 2.20. The Labute approximate surface area is 155 Å². The van der Waals surface area contributed by atoms with E-state index in [1.165, 1.54) is 30.3 Å². The molecule has 0 spiro atoms. The van der Waals surface area contributed by atoms with E-state index >= 15 is 0 Å². The molecule has 2 rings (SSSR count). The van der Waals surface area contributed by atoms with Gasteiger partial charge in [-0.05, 0) is 42.3 Å². The van der Waals surface area contributed by atoms with Gasteiger partial charge >= 0.3 is 5.97 Å². The molecule has 140 valence electrons. The minimum absolute atomic E-state index is 0.0224. The van der Waals surface area contributed by atoms with E-state index in [4.69, 9.17) is 5.11 Å². The van der Waals surface area contributed by atoms with Gasteiger partial charge in [0.25, 0.3) is 11.8 Å². The Morgan fingerprint density at radius 3 is 2.30 bits per heavy atom. The quantitative estimate of drug-likeness (QED) is 0.492. The summed E-state index contributed by atoms with van der Waals surface area (Å²) in [5.41, 5.74) is 0.882. The Morgan fingerprint density at radius 2 is 1.67 bits per heavy atom. The fraction of sp³-hybridized carbons (Fsp3) is 0.150. The lowest BCUT2D eigenvalue weighted by Gasteiger charge is -2.11. The van der Waals surface area contributed by atoms with E-state index in [1.54, 1.807) is 30.3 Å². The Hall–Kier alpha value is -3.48. The van der Waals surface area contributed by atoms with Crippen molar-refractivity contribution in [3.05, 3.63) is 77.2 Å². The number of aliphatic carboxylic acids is 1. The molecule has 0 unspecified atom stereocenters. The van der Waals surface area contributed by atoms with Crippen molar-refractivity contribution in [3.63, 3.8) is 0 Å². The number of carboxylic acid groups (broad SMARTS) is 1. The average Bonchev–Trinajstić information content (AvgIpc) is 2.66. The molecule has 6 nitrogen and oxygen atoms in total. The summed E-state index contributed by atoms with van der Waals surface area (Å²) in [5, 5.41) is 13.8. The molecule has 0 aromatic heterocycles. The monoisotopic (exact) mass is 370 g/mol. The summed E-state index contributed by atoms with van der Waals surface area (Å²) in [7, 11) is 0. The van der Waals surface area contributed by atoms with Crippen molar-refractivity contribution >= 4 is 23.9 Å². The van der Waals surface area contributed by atoms with Crippen LogP contribution in [0.2, 0.25) is 0 Å². The van der Waals surface area contributed by atoms with E-state index < -0.39 is 23.6 Å². The number of benzene rings is 2. The summed E-state index contributed by atoms with van der Waals surface area (Å²) in [6.07, 6.45) is 1.61. The van der Waals surface area contributed by atoms with Crippen molar-refractivity contribution in [1.29, 1.82) is 0 Å².